The van der Waals surface area contributed by atoms with Gasteiger partial charge in [0, 0.05) is 30.8 Å². The lowest BCUT2D eigenvalue weighted by Gasteiger charge is -2.24. The van der Waals surface area contributed by atoms with Crippen LogP contribution in [0.5, 0.6) is 23.0 Å². The Labute approximate surface area is 200 Å². The first-order valence-corrected chi connectivity index (χ1v) is 10.6. The molecule has 0 aliphatic carbocycles. The summed E-state index contributed by atoms with van der Waals surface area (Å²) in [6.45, 7) is 5.66. The normalized spacial score (nSPS) is 11.3. The Kier molecular flexibility index (Phi) is 7.47. The van der Waals surface area contributed by atoms with Crippen LogP contribution in [0.25, 0.3) is 10.9 Å². The molecule has 0 spiro atoms. The Morgan fingerprint density at radius 3 is 2.46 bits per heavy atom. The zero-order valence-corrected chi connectivity index (χ0v) is 19.9. The Balaban J connectivity index is 1.83. The van der Waals surface area contributed by atoms with Crippen LogP contribution in [0.2, 0.25) is 0 Å². The second kappa shape index (κ2) is 10.2. The highest BCUT2D eigenvalue weighted by molar-refractivity contribution is 5.88. The summed E-state index contributed by atoms with van der Waals surface area (Å²) in [6, 6.07) is 5.06. The van der Waals surface area contributed by atoms with Crippen molar-refractivity contribution in [3.05, 3.63) is 47.9 Å². The highest BCUT2D eigenvalue weighted by Gasteiger charge is 2.22. The number of nitrogen functional groups attached to an aromatic ring is 1. The molecule has 3 aromatic rings. The standard InChI is InChI=1S/C24H26F3N3O5/c1-24(2,3)35-23(31)30(4)8-9-33-19-12-16-13(10-18(19)32-5)17(6-7-29-16)34-22-14(25)11-15(28)20(26)21(22)27/h6-7,10-12H,8-9,28H2,1-5H3. The molecule has 2 aromatic carbocycles. The zero-order chi connectivity index (χ0) is 25.9. The van der Waals surface area contributed by atoms with Crippen molar-refractivity contribution in [2.45, 2.75) is 26.4 Å². The van der Waals surface area contributed by atoms with E-state index in [1.165, 1.54) is 30.3 Å². The maximum absolute atomic E-state index is 14.3. The molecule has 1 heterocycles. The van der Waals surface area contributed by atoms with E-state index in [0.29, 0.717) is 22.7 Å². The number of carbonyl (C=O) groups is 1. The third-order valence-corrected chi connectivity index (χ3v) is 4.73. The molecule has 0 saturated carbocycles. The van der Waals surface area contributed by atoms with E-state index in [1.807, 2.05) is 0 Å². The molecule has 188 valence electrons. The topological polar surface area (TPSA) is 96.1 Å². The van der Waals surface area contributed by atoms with Gasteiger partial charge in [0.2, 0.25) is 11.6 Å². The maximum atomic E-state index is 14.3. The van der Waals surface area contributed by atoms with E-state index in [4.69, 9.17) is 24.7 Å². The van der Waals surface area contributed by atoms with Gasteiger partial charge in [-0.3, -0.25) is 4.98 Å². The van der Waals surface area contributed by atoms with Crippen LogP contribution in [0.15, 0.2) is 30.5 Å². The number of pyridine rings is 1. The van der Waals surface area contributed by atoms with Crippen LogP contribution in [0.4, 0.5) is 23.7 Å². The Morgan fingerprint density at radius 1 is 1.09 bits per heavy atom. The minimum atomic E-state index is -1.55. The summed E-state index contributed by atoms with van der Waals surface area (Å²) in [6.07, 6.45) is 0.863. The van der Waals surface area contributed by atoms with Crippen LogP contribution in [-0.4, -0.2) is 48.9 Å². The number of ether oxygens (including phenoxy) is 4. The first-order chi connectivity index (χ1) is 16.4. The minimum absolute atomic E-state index is 0.00600. The van der Waals surface area contributed by atoms with Crippen molar-refractivity contribution < 1.29 is 36.9 Å². The van der Waals surface area contributed by atoms with Crippen molar-refractivity contribution in [1.29, 1.82) is 0 Å². The third kappa shape index (κ3) is 5.97. The number of amides is 1. The summed E-state index contributed by atoms with van der Waals surface area (Å²) < 4.78 is 64.1. The average Bonchev–Trinajstić information content (AvgIpc) is 2.78. The number of anilines is 1. The maximum Gasteiger partial charge on any atom is 0.410 e. The molecule has 1 aromatic heterocycles. The molecule has 0 unspecified atom stereocenters. The van der Waals surface area contributed by atoms with Gasteiger partial charge in [-0.15, -0.1) is 0 Å². The van der Waals surface area contributed by atoms with Gasteiger partial charge >= 0.3 is 6.09 Å². The quantitative estimate of drug-likeness (QED) is 0.353. The van der Waals surface area contributed by atoms with Crippen molar-refractivity contribution in [2.24, 2.45) is 0 Å². The molecule has 2 N–H and O–H groups in total. The number of carbonyl (C=O) groups excluding carboxylic acids is 1. The summed E-state index contributed by atoms with van der Waals surface area (Å²) in [5.41, 5.74) is 4.31. The SMILES string of the molecule is COc1cc2c(Oc3c(F)cc(N)c(F)c3F)ccnc2cc1OCCN(C)C(=O)OC(C)(C)C. The average molecular weight is 493 g/mol. The molecule has 0 saturated heterocycles. The molecular weight excluding hydrogens is 467 g/mol. The first-order valence-electron chi connectivity index (χ1n) is 10.6. The van der Waals surface area contributed by atoms with Gasteiger partial charge in [-0.1, -0.05) is 0 Å². The number of aromatic nitrogens is 1. The van der Waals surface area contributed by atoms with Crippen LogP contribution in [0, 0.1) is 17.5 Å². The van der Waals surface area contributed by atoms with Gasteiger partial charge in [0.05, 0.1) is 24.9 Å². The number of likely N-dealkylation sites (N-methyl/N-ethyl adjacent to an activating group) is 1. The molecule has 1 amide bonds. The lowest BCUT2D eigenvalue weighted by Crippen LogP contribution is -2.36. The van der Waals surface area contributed by atoms with E-state index < -0.39 is 40.6 Å². The van der Waals surface area contributed by atoms with E-state index in [2.05, 4.69) is 4.98 Å². The van der Waals surface area contributed by atoms with E-state index in [1.54, 1.807) is 33.9 Å². The molecule has 0 bridgehead atoms. The van der Waals surface area contributed by atoms with Crippen LogP contribution >= 0.6 is 0 Å². The van der Waals surface area contributed by atoms with E-state index in [-0.39, 0.29) is 24.7 Å². The van der Waals surface area contributed by atoms with Gasteiger partial charge in [-0.2, -0.15) is 4.39 Å². The third-order valence-electron chi connectivity index (χ3n) is 4.73. The summed E-state index contributed by atoms with van der Waals surface area (Å²) >= 11 is 0. The number of hydrogen-bond acceptors (Lipinski definition) is 7. The van der Waals surface area contributed by atoms with E-state index in [9.17, 15) is 18.0 Å². The van der Waals surface area contributed by atoms with Gasteiger partial charge < -0.3 is 29.6 Å². The predicted molar refractivity (Wildman–Crippen MR) is 123 cm³/mol. The summed E-state index contributed by atoms with van der Waals surface area (Å²) in [5, 5.41) is 0.332. The first kappa shape index (κ1) is 25.7. The van der Waals surface area contributed by atoms with Crippen LogP contribution in [-0.2, 0) is 4.74 Å². The van der Waals surface area contributed by atoms with Gasteiger partial charge in [0.15, 0.2) is 23.1 Å². The molecule has 8 nitrogen and oxygen atoms in total. The van der Waals surface area contributed by atoms with Gasteiger partial charge in [0.1, 0.15) is 18.0 Å². The fourth-order valence-corrected chi connectivity index (χ4v) is 3.01. The minimum Gasteiger partial charge on any atom is -0.493 e. The molecule has 3 rings (SSSR count). The molecule has 0 atom stereocenters. The lowest BCUT2D eigenvalue weighted by atomic mass is 10.1. The number of rotatable bonds is 7. The number of halogens is 3. The smallest absolute Gasteiger partial charge is 0.410 e. The van der Waals surface area contributed by atoms with Crippen LogP contribution in [0.3, 0.4) is 0 Å². The van der Waals surface area contributed by atoms with E-state index >= 15 is 0 Å². The second-order valence-electron chi connectivity index (χ2n) is 8.59. The lowest BCUT2D eigenvalue weighted by molar-refractivity contribution is 0.0278. The fraction of sp³-hybridized carbons (Fsp3) is 0.333. The van der Waals surface area contributed by atoms with Crippen LogP contribution < -0.4 is 19.9 Å². The number of nitrogens with two attached hydrogens (primary N) is 1. The Morgan fingerprint density at radius 2 is 1.80 bits per heavy atom. The molecule has 11 heteroatoms. The van der Waals surface area contributed by atoms with E-state index in [0.717, 1.165) is 0 Å². The number of benzene rings is 2. The van der Waals surface area contributed by atoms with Gasteiger partial charge in [-0.05, 0) is 32.9 Å². The van der Waals surface area contributed by atoms with Gasteiger partial charge in [0.25, 0.3) is 0 Å². The molecule has 35 heavy (non-hydrogen) atoms. The zero-order valence-electron chi connectivity index (χ0n) is 19.9. The van der Waals surface area contributed by atoms with Crippen molar-refractivity contribution in [3.8, 4) is 23.0 Å². The summed E-state index contributed by atoms with van der Waals surface area (Å²) in [4.78, 5) is 17.7. The van der Waals surface area contributed by atoms with Crippen molar-refractivity contribution in [3.63, 3.8) is 0 Å². The van der Waals surface area contributed by atoms with Crippen molar-refractivity contribution in [1.82, 2.24) is 9.88 Å². The highest BCUT2D eigenvalue weighted by Crippen LogP contribution is 2.39. The van der Waals surface area contributed by atoms with Crippen LogP contribution in [0.1, 0.15) is 20.8 Å². The molecule has 0 radical (unpaired) electrons. The number of fused-ring (bicyclic) bond motifs is 1. The fourth-order valence-electron chi connectivity index (χ4n) is 3.01. The largest absolute Gasteiger partial charge is 0.493 e. The summed E-state index contributed by atoms with van der Waals surface area (Å²) in [7, 11) is 2.99. The predicted octanol–water partition coefficient (Wildman–Crippen LogP) is 5.28. The molecular formula is C24H26F3N3O5. The monoisotopic (exact) mass is 493 g/mol. The number of nitrogens with zero attached hydrogens (tertiary/aromatic N) is 2. The second-order valence-corrected chi connectivity index (χ2v) is 8.59. The molecule has 0 aliphatic rings. The number of hydrogen-bond donors (Lipinski definition) is 1. The summed E-state index contributed by atoms with van der Waals surface area (Å²) in [5.74, 6) is -4.46. The van der Waals surface area contributed by atoms with Gasteiger partial charge in [-0.25, -0.2) is 13.6 Å². The number of methoxy groups -OCH3 is 1. The molecule has 0 fully saturated rings. The Bertz CT molecular complexity index is 1250. The van der Waals surface area contributed by atoms with Crippen molar-refractivity contribution >= 4 is 22.7 Å². The highest BCUT2D eigenvalue weighted by atomic mass is 19.2. The Hall–Kier alpha value is -3.89. The van der Waals surface area contributed by atoms with Crippen molar-refractivity contribution in [2.75, 3.05) is 33.0 Å². The molecule has 0 aliphatic heterocycles.